The van der Waals surface area contributed by atoms with Gasteiger partial charge in [-0.1, -0.05) is 6.92 Å². The van der Waals surface area contributed by atoms with Gasteiger partial charge in [-0.3, -0.25) is 9.79 Å². The van der Waals surface area contributed by atoms with Crippen LogP contribution in [0.1, 0.15) is 32.0 Å². The number of carbonyl (C=O) groups is 1. The van der Waals surface area contributed by atoms with Crippen LogP contribution in [-0.4, -0.2) is 34.2 Å². The summed E-state index contributed by atoms with van der Waals surface area (Å²) >= 11 is 0. The first-order chi connectivity index (χ1) is 15.7. The summed E-state index contributed by atoms with van der Waals surface area (Å²) < 4.78 is 57.6. The molecule has 33 heavy (non-hydrogen) atoms. The van der Waals surface area contributed by atoms with E-state index in [1.54, 1.807) is 12.3 Å². The Balaban J connectivity index is 1.14. The first-order valence-electron chi connectivity index (χ1n) is 10.9. The van der Waals surface area contributed by atoms with Crippen molar-refractivity contribution in [3.63, 3.8) is 0 Å². The van der Waals surface area contributed by atoms with Gasteiger partial charge in [0.2, 0.25) is 11.7 Å². The van der Waals surface area contributed by atoms with Gasteiger partial charge >= 0.3 is 6.18 Å². The molecule has 0 spiro atoms. The predicted molar refractivity (Wildman–Crippen MR) is 112 cm³/mol. The molecular weight excluding hydrogens is 440 g/mol. The summed E-state index contributed by atoms with van der Waals surface area (Å²) in [6, 6.07) is -0.105. The number of hydrogen-bond acceptors (Lipinski definition) is 5. The lowest BCUT2D eigenvalue weighted by Crippen LogP contribution is -2.26. The van der Waals surface area contributed by atoms with E-state index in [2.05, 4.69) is 20.3 Å². The minimum absolute atomic E-state index is 0.00286. The third kappa shape index (κ3) is 4.30. The van der Waals surface area contributed by atoms with Crippen molar-refractivity contribution in [3.05, 3.63) is 53.6 Å². The van der Waals surface area contributed by atoms with Crippen molar-refractivity contribution in [2.24, 2.45) is 28.7 Å². The second kappa shape index (κ2) is 8.07. The minimum atomic E-state index is -4.63. The van der Waals surface area contributed by atoms with E-state index in [0.717, 1.165) is 30.8 Å². The largest absolute Gasteiger partial charge is 0.490 e. The number of anilines is 1. The van der Waals surface area contributed by atoms with Gasteiger partial charge in [-0.25, -0.2) is 14.4 Å². The highest BCUT2D eigenvalue weighted by Gasteiger charge is 2.59. The third-order valence-corrected chi connectivity index (χ3v) is 6.89. The van der Waals surface area contributed by atoms with Gasteiger partial charge in [0, 0.05) is 17.7 Å². The van der Waals surface area contributed by atoms with E-state index in [1.807, 2.05) is 6.92 Å². The fourth-order valence-corrected chi connectivity index (χ4v) is 5.28. The minimum Gasteiger partial charge on any atom is -0.490 e. The van der Waals surface area contributed by atoms with Crippen LogP contribution in [0.4, 0.5) is 23.2 Å². The van der Waals surface area contributed by atoms with Crippen LogP contribution in [0.25, 0.3) is 0 Å². The summed E-state index contributed by atoms with van der Waals surface area (Å²) in [5, 5.41) is 2.61. The van der Waals surface area contributed by atoms with Gasteiger partial charge in [-0.15, -0.1) is 0 Å². The van der Waals surface area contributed by atoms with Gasteiger partial charge in [-0.05, 0) is 55.2 Å². The Labute approximate surface area is 187 Å². The molecular formula is C23H22F4N4O2. The summed E-state index contributed by atoms with van der Waals surface area (Å²) in [4.78, 5) is 23.5. The highest BCUT2D eigenvalue weighted by atomic mass is 19.4. The normalized spacial score (nSPS) is 30.9. The first-order valence-corrected chi connectivity index (χ1v) is 10.9. The number of nitrogens with one attached hydrogen (secondary N) is 1. The molecule has 174 valence electrons. The maximum absolute atomic E-state index is 13.7. The van der Waals surface area contributed by atoms with Crippen LogP contribution in [0.2, 0.25) is 0 Å². The number of allylic oxidation sites excluding steroid dienone is 3. The van der Waals surface area contributed by atoms with Crippen LogP contribution in [0.5, 0.6) is 0 Å². The highest BCUT2D eigenvalue weighted by molar-refractivity contribution is 5.92. The molecule has 1 aliphatic heterocycles. The Morgan fingerprint density at radius 1 is 1.21 bits per heavy atom. The summed E-state index contributed by atoms with van der Waals surface area (Å²) in [5.74, 6) is -0.521. The van der Waals surface area contributed by atoms with E-state index in [4.69, 9.17) is 4.74 Å². The Morgan fingerprint density at radius 3 is 2.58 bits per heavy atom. The lowest BCUT2D eigenvalue weighted by molar-refractivity contribution is -0.144. The number of aromatic nitrogens is 2. The van der Waals surface area contributed by atoms with Crippen molar-refractivity contribution in [2.45, 2.75) is 44.5 Å². The molecule has 1 aromatic heterocycles. The average Bonchev–Trinajstić information content (AvgIpc) is 3.27. The van der Waals surface area contributed by atoms with E-state index in [-0.39, 0.29) is 41.4 Å². The van der Waals surface area contributed by atoms with Crippen molar-refractivity contribution in [1.82, 2.24) is 9.97 Å². The fraction of sp³-hybridized carbons (Fsp3) is 0.478. The maximum atomic E-state index is 13.7. The van der Waals surface area contributed by atoms with Crippen LogP contribution < -0.4 is 5.32 Å². The number of ether oxygens (including phenoxy) is 1. The average molecular weight is 462 g/mol. The number of halogens is 4. The molecule has 4 aliphatic rings. The molecule has 0 aromatic carbocycles. The monoisotopic (exact) mass is 462 g/mol. The van der Waals surface area contributed by atoms with Gasteiger partial charge < -0.3 is 10.1 Å². The molecule has 1 N–H and O–H groups in total. The van der Waals surface area contributed by atoms with Crippen molar-refractivity contribution in [1.29, 1.82) is 0 Å². The van der Waals surface area contributed by atoms with Crippen LogP contribution in [0.3, 0.4) is 0 Å². The number of hydrogen-bond donors (Lipinski definition) is 1. The molecule has 2 heterocycles. The van der Waals surface area contributed by atoms with Gasteiger partial charge in [0.25, 0.3) is 0 Å². The molecule has 6 atom stereocenters. The molecule has 2 unspecified atom stereocenters. The SMILES string of the molecule is CC(C(=O)Nc1cnc(C(F)(F)F)nc1)[C@H]1[C@@H]2C[C@@H](OC3=CC=NC4CC=C(F)C=C34)C[C@@H]21. The standard InChI is InChI=1S/C23H22F4N4O2/c1-11(21(32)31-13-9-29-22(30-10-13)23(25,26)27)20-15-7-14(8-16(15)20)33-19-4-5-28-18-3-2-12(24)6-17(18)19/h2,4-6,9-11,14-16,18,20H,3,7-8H2,1H3,(H,31,32)/t11?,14-,15-,16+,18?,20+. The molecule has 0 saturated heterocycles. The third-order valence-electron chi connectivity index (χ3n) is 6.89. The molecule has 0 bridgehead atoms. The van der Waals surface area contributed by atoms with Crippen LogP contribution >= 0.6 is 0 Å². The van der Waals surface area contributed by atoms with Crippen molar-refractivity contribution < 1.29 is 27.1 Å². The van der Waals surface area contributed by atoms with Crippen LogP contribution in [-0.2, 0) is 15.7 Å². The van der Waals surface area contributed by atoms with Crippen molar-refractivity contribution in [2.75, 3.05) is 5.32 Å². The van der Waals surface area contributed by atoms with Crippen molar-refractivity contribution >= 4 is 17.8 Å². The number of alkyl halides is 3. The molecule has 0 radical (unpaired) electrons. The summed E-state index contributed by atoms with van der Waals surface area (Å²) in [6.07, 6.45) is 5.90. The van der Waals surface area contributed by atoms with E-state index in [1.165, 1.54) is 12.2 Å². The van der Waals surface area contributed by atoms with Crippen LogP contribution in [0, 0.1) is 23.7 Å². The summed E-state index contributed by atoms with van der Waals surface area (Å²) in [5.41, 5.74) is 0.899. The fourth-order valence-electron chi connectivity index (χ4n) is 5.28. The second-order valence-corrected chi connectivity index (χ2v) is 8.96. The molecule has 2 saturated carbocycles. The van der Waals surface area contributed by atoms with E-state index in [0.29, 0.717) is 24.0 Å². The van der Waals surface area contributed by atoms with Gasteiger partial charge in [-0.2, -0.15) is 13.2 Å². The molecule has 1 amide bonds. The smallest absolute Gasteiger partial charge is 0.451 e. The zero-order valence-electron chi connectivity index (χ0n) is 17.7. The second-order valence-electron chi connectivity index (χ2n) is 8.96. The Kier molecular flexibility index (Phi) is 5.33. The number of carbonyl (C=O) groups excluding carboxylic acids is 1. The Bertz CT molecular complexity index is 1060. The van der Waals surface area contributed by atoms with E-state index >= 15 is 0 Å². The Hall–Kier alpha value is -3.04. The van der Waals surface area contributed by atoms with Gasteiger partial charge in [0.1, 0.15) is 11.6 Å². The summed E-state index contributed by atoms with van der Waals surface area (Å²) in [7, 11) is 0. The molecule has 6 nitrogen and oxygen atoms in total. The molecule has 5 rings (SSSR count). The number of amides is 1. The number of dihydropyridines is 1. The van der Waals surface area contributed by atoms with Crippen LogP contribution in [0.15, 0.2) is 52.8 Å². The summed E-state index contributed by atoms with van der Waals surface area (Å²) in [6.45, 7) is 1.83. The predicted octanol–water partition coefficient (Wildman–Crippen LogP) is 4.63. The molecule has 1 aromatic rings. The number of rotatable bonds is 5. The topological polar surface area (TPSA) is 76.5 Å². The number of nitrogens with zero attached hydrogens (tertiary/aromatic N) is 3. The zero-order valence-corrected chi connectivity index (χ0v) is 17.7. The Morgan fingerprint density at radius 2 is 1.91 bits per heavy atom. The lowest BCUT2D eigenvalue weighted by Gasteiger charge is -2.27. The lowest BCUT2D eigenvalue weighted by atomic mass is 9.94. The number of aliphatic imine (C=N–C) groups is 1. The van der Waals surface area contributed by atoms with Gasteiger partial charge in [0.05, 0.1) is 30.2 Å². The highest BCUT2D eigenvalue weighted by Crippen LogP contribution is 2.61. The van der Waals surface area contributed by atoms with E-state index in [9.17, 15) is 22.4 Å². The maximum Gasteiger partial charge on any atom is 0.451 e. The quantitative estimate of drug-likeness (QED) is 0.648. The molecule has 10 heteroatoms. The first kappa shape index (κ1) is 21.8. The molecule has 2 fully saturated rings. The zero-order chi connectivity index (χ0) is 23.3. The van der Waals surface area contributed by atoms with Gasteiger partial charge in [0.15, 0.2) is 0 Å². The van der Waals surface area contributed by atoms with Crippen molar-refractivity contribution in [3.8, 4) is 0 Å². The van der Waals surface area contributed by atoms with E-state index < -0.39 is 12.0 Å². The number of fused-ring (bicyclic) bond motifs is 2. The molecule has 3 aliphatic carbocycles.